The number of anilines is 1. The minimum atomic E-state index is 0.500. The smallest absolute Gasteiger partial charge is 0.106 e. The minimum Gasteiger partial charge on any atom is -0.343 e. The third-order valence-corrected chi connectivity index (χ3v) is 5.08. The maximum atomic E-state index is 6.11. The number of halogens is 1. The maximum Gasteiger partial charge on any atom is 0.106 e. The molecular formula is C20H21ClN3. The van der Waals surface area contributed by atoms with Crippen molar-refractivity contribution in [3.05, 3.63) is 71.2 Å². The summed E-state index contributed by atoms with van der Waals surface area (Å²) in [4.78, 5) is 7.18. The Labute approximate surface area is 148 Å². The number of rotatable bonds is 3. The van der Waals surface area contributed by atoms with Gasteiger partial charge in [-0.05, 0) is 43.6 Å². The Morgan fingerprint density at radius 1 is 1.08 bits per heavy atom. The summed E-state index contributed by atoms with van der Waals surface area (Å²) in [7, 11) is 0. The normalized spacial score (nSPS) is 18.6. The highest BCUT2D eigenvalue weighted by Gasteiger charge is 2.25. The molecule has 0 atom stereocenters. The highest BCUT2D eigenvalue weighted by Crippen LogP contribution is 2.29. The van der Waals surface area contributed by atoms with Gasteiger partial charge >= 0.3 is 0 Å². The van der Waals surface area contributed by atoms with Crippen molar-refractivity contribution in [2.45, 2.75) is 19.4 Å². The van der Waals surface area contributed by atoms with Gasteiger partial charge < -0.3 is 5.32 Å². The van der Waals surface area contributed by atoms with Crippen LogP contribution in [0, 0.1) is 12.5 Å². The van der Waals surface area contributed by atoms with E-state index in [1.165, 1.54) is 5.56 Å². The molecule has 3 nitrogen and oxygen atoms in total. The predicted molar refractivity (Wildman–Crippen MR) is 100 cm³/mol. The van der Waals surface area contributed by atoms with E-state index in [9.17, 15) is 0 Å². The molecule has 1 N–H and O–H groups in total. The molecular weight excluding hydrogens is 318 g/mol. The first-order chi connectivity index (χ1) is 11.8. The molecule has 123 valence electrons. The van der Waals surface area contributed by atoms with Crippen molar-refractivity contribution in [3.63, 3.8) is 0 Å². The summed E-state index contributed by atoms with van der Waals surface area (Å²) in [5.74, 6) is 1.59. The maximum absolute atomic E-state index is 6.11. The highest BCUT2D eigenvalue weighted by molar-refractivity contribution is 6.31. The molecule has 24 heavy (non-hydrogen) atoms. The fourth-order valence-electron chi connectivity index (χ4n) is 3.47. The molecule has 0 amide bonds. The Hall–Kier alpha value is -1.84. The number of fused-ring (bicyclic) bond motifs is 1. The van der Waals surface area contributed by atoms with Crippen LogP contribution in [0.15, 0.2) is 53.5 Å². The van der Waals surface area contributed by atoms with E-state index >= 15 is 0 Å². The lowest BCUT2D eigenvalue weighted by molar-refractivity contribution is 0.202. The molecule has 1 saturated heterocycles. The third-order valence-electron chi connectivity index (χ3n) is 4.84. The van der Waals surface area contributed by atoms with Crippen LogP contribution >= 0.6 is 11.6 Å². The highest BCUT2D eigenvalue weighted by atomic mass is 35.5. The van der Waals surface area contributed by atoms with Gasteiger partial charge in [-0.15, -0.1) is 0 Å². The molecule has 0 aliphatic carbocycles. The fraction of sp³-hybridized carbons (Fsp3) is 0.300. The summed E-state index contributed by atoms with van der Waals surface area (Å²) < 4.78 is 0. The zero-order valence-electron chi connectivity index (χ0n) is 13.6. The molecule has 0 aromatic heterocycles. The zero-order valence-corrected chi connectivity index (χ0v) is 14.3. The largest absolute Gasteiger partial charge is 0.343 e. The number of amidine groups is 1. The molecule has 4 heteroatoms. The Morgan fingerprint density at radius 2 is 1.88 bits per heavy atom. The van der Waals surface area contributed by atoms with Crippen molar-refractivity contribution in [1.82, 2.24) is 4.90 Å². The van der Waals surface area contributed by atoms with Gasteiger partial charge in [-0.25, -0.2) is 0 Å². The average Bonchev–Trinajstić information content (AvgIpc) is 2.62. The molecule has 0 unspecified atom stereocenters. The molecule has 4 rings (SSSR count). The van der Waals surface area contributed by atoms with Gasteiger partial charge in [0, 0.05) is 28.7 Å². The number of hydrogen-bond donors (Lipinski definition) is 1. The minimum absolute atomic E-state index is 0.500. The number of nitrogens with one attached hydrogen (secondary N) is 1. The molecule has 2 aromatic rings. The molecule has 0 bridgehead atoms. The second-order valence-corrected chi connectivity index (χ2v) is 6.97. The Morgan fingerprint density at radius 3 is 2.67 bits per heavy atom. The topological polar surface area (TPSA) is 27.6 Å². The van der Waals surface area contributed by atoms with Gasteiger partial charge in [-0.1, -0.05) is 48.0 Å². The fourth-order valence-corrected chi connectivity index (χ4v) is 3.64. The van der Waals surface area contributed by atoms with Crippen LogP contribution in [0.1, 0.15) is 24.0 Å². The third kappa shape index (κ3) is 3.47. The summed E-state index contributed by atoms with van der Waals surface area (Å²) >= 11 is 6.11. The van der Waals surface area contributed by atoms with Crippen molar-refractivity contribution in [2.24, 2.45) is 10.9 Å². The Bertz CT molecular complexity index is 734. The van der Waals surface area contributed by atoms with Crippen molar-refractivity contribution in [3.8, 4) is 0 Å². The van der Waals surface area contributed by atoms with E-state index in [-0.39, 0.29) is 0 Å². The molecule has 2 aromatic carbocycles. The van der Waals surface area contributed by atoms with Gasteiger partial charge in [0.25, 0.3) is 0 Å². The summed E-state index contributed by atoms with van der Waals surface area (Å²) in [6.45, 7) is 5.22. The van der Waals surface area contributed by atoms with Gasteiger partial charge in [0.2, 0.25) is 0 Å². The van der Waals surface area contributed by atoms with Gasteiger partial charge in [0.05, 0.1) is 0 Å². The molecule has 2 aliphatic heterocycles. The lowest BCUT2D eigenvalue weighted by Gasteiger charge is -2.34. The Kier molecular flexibility index (Phi) is 4.54. The van der Waals surface area contributed by atoms with E-state index in [1.807, 2.05) is 24.7 Å². The quantitative estimate of drug-likeness (QED) is 0.886. The SMILES string of the molecule is Clc1ccc2c(c1)NC(C1CCN(Cc3ccccc3)CC1)=N[CH]2. The van der Waals surface area contributed by atoms with E-state index < -0.39 is 0 Å². The average molecular weight is 339 g/mol. The predicted octanol–water partition coefficient (Wildman–Crippen LogP) is 4.59. The van der Waals surface area contributed by atoms with Crippen molar-refractivity contribution < 1.29 is 0 Å². The number of hydrogen-bond acceptors (Lipinski definition) is 3. The standard InChI is InChI=1S/C20H21ClN3/c21-18-7-6-17-13-22-20(23-19(17)12-18)16-8-10-24(11-9-16)14-15-4-2-1-3-5-15/h1-7,12-13,16H,8-11,14H2,(H,22,23). The van der Waals surface area contributed by atoms with E-state index in [2.05, 4.69) is 45.5 Å². The molecule has 1 radical (unpaired) electrons. The van der Waals surface area contributed by atoms with Crippen LogP contribution in [0.4, 0.5) is 5.69 Å². The van der Waals surface area contributed by atoms with Crippen LogP contribution < -0.4 is 5.32 Å². The van der Waals surface area contributed by atoms with E-state index in [1.54, 1.807) is 0 Å². The lowest BCUT2D eigenvalue weighted by atomic mass is 9.94. The molecule has 1 fully saturated rings. The van der Waals surface area contributed by atoms with Crippen LogP contribution in [0.2, 0.25) is 5.02 Å². The van der Waals surface area contributed by atoms with Gasteiger partial charge in [0.1, 0.15) is 12.4 Å². The Balaban J connectivity index is 1.36. The first-order valence-corrected chi connectivity index (χ1v) is 8.89. The van der Waals surface area contributed by atoms with Gasteiger partial charge in [-0.3, -0.25) is 9.89 Å². The first kappa shape index (κ1) is 15.7. The summed E-state index contributed by atoms with van der Waals surface area (Å²) in [5.41, 5.74) is 3.56. The first-order valence-electron chi connectivity index (χ1n) is 8.52. The number of nitrogens with zero attached hydrogens (tertiary/aromatic N) is 2. The van der Waals surface area contributed by atoms with Crippen LogP contribution in [-0.4, -0.2) is 23.8 Å². The van der Waals surface area contributed by atoms with E-state index in [0.29, 0.717) is 5.92 Å². The number of aliphatic imine (C=N–C) groups is 1. The molecule has 2 heterocycles. The summed E-state index contributed by atoms with van der Waals surface area (Å²) in [5, 5.41) is 4.25. The van der Waals surface area contributed by atoms with Crippen molar-refractivity contribution in [1.29, 1.82) is 0 Å². The summed E-state index contributed by atoms with van der Waals surface area (Å²) in [6.07, 6.45) is 2.28. The summed E-state index contributed by atoms with van der Waals surface area (Å²) in [6, 6.07) is 16.6. The van der Waals surface area contributed by atoms with Crippen molar-refractivity contribution in [2.75, 3.05) is 18.4 Å². The lowest BCUT2D eigenvalue weighted by Crippen LogP contribution is -2.38. The second kappa shape index (κ2) is 6.96. The van der Waals surface area contributed by atoms with E-state index in [0.717, 1.165) is 54.6 Å². The molecule has 2 aliphatic rings. The zero-order chi connectivity index (χ0) is 16.4. The molecule has 0 spiro atoms. The number of likely N-dealkylation sites (tertiary alicyclic amines) is 1. The van der Waals surface area contributed by atoms with Gasteiger partial charge in [0.15, 0.2) is 0 Å². The molecule has 0 saturated carbocycles. The van der Waals surface area contributed by atoms with Crippen LogP contribution in [-0.2, 0) is 6.54 Å². The van der Waals surface area contributed by atoms with Crippen LogP contribution in [0.5, 0.6) is 0 Å². The second-order valence-electron chi connectivity index (χ2n) is 6.54. The number of piperidine rings is 1. The van der Waals surface area contributed by atoms with Crippen LogP contribution in [0.25, 0.3) is 0 Å². The van der Waals surface area contributed by atoms with Gasteiger partial charge in [-0.2, -0.15) is 0 Å². The monoisotopic (exact) mass is 338 g/mol. The number of benzene rings is 2. The van der Waals surface area contributed by atoms with E-state index in [4.69, 9.17) is 11.6 Å². The van der Waals surface area contributed by atoms with Crippen molar-refractivity contribution >= 4 is 23.1 Å². The van der Waals surface area contributed by atoms with Crippen LogP contribution in [0.3, 0.4) is 0 Å².